The van der Waals surface area contributed by atoms with E-state index < -0.39 is 0 Å². The van der Waals surface area contributed by atoms with E-state index in [1.165, 1.54) is 19.3 Å². The fourth-order valence-corrected chi connectivity index (χ4v) is 4.70. The Morgan fingerprint density at radius 3 is 2.42 bits per heavy atom. The van der Waals surface area contributed by atoms with Crippen molar-refractivity contribution in [1.29, 1.82) is 0 Å². The van der Waals surface area contributed by atoms with Gasteiger partial charge in [0.05, 0.1) is 11.3 Å². The molecule has 1 fully saturated rings. The van der Waals surface area contributed by atoms with Crippen molar-refractivity contribution < 1.29 is 5.11 Å². The van der Waals surface area contributed by atoms with Gasteiger partial charge in [0, 0.05) is 17.8 Å². The molecule has 176 valence electrons. The number of fused-ring (bicyclic) bond motifs is 2. The van der Waals surface area contributed by atoms with Gasteiger partial charge in [0.1, 0.15) is 16.9 Å². The maximum atomic E-state index is 9.68. The van der Waals surface area contributed by atoms with Crippen LogP contribution in [0.1, 0.15) is 71.2 Å². The van der Waals surface area contributed by atoms with Crippen molar-refractivity contribution in [3.8, 4) is 11.3 Å². The number of nitrogen functional groups attached to an aromatic ring is 2. The molecule has 1 saturated carbocycles. The average Bonchev–Trinajstić information content (AvgIpc) is 3.34. The summed E-state index contributed by atoms with van der Waals surface area (Å²) in [6, 6.07) is 6.10. The summed E-state index contributed by atoms with van der Waals surface area (Å²) in [6.45, 7) is 8.30. The zero-order chi connectivity index (χ0) is 23.8. The maximum Gasteiger partial charge on any atom is 0.240 e. The van der Waals surface area contributed by atoms with Gasteiger partial charge >= 0.3 is 0 Å². The van der Waals surface area contributed by atoms with Gasteiger partial charge in [-0.25, -0.2) is 14.5 Å². The third-order valence-electron chi connectivity index (χ3n) is 6.50. The van der Waals surface area contributed by atoms with Gasteiger partial charge in [0.25, 0.3) is 0 Å². The number of pyridine rings is 1. The first-order valence-electron chi connectivity index (χ1n) is 11.7. The van der Waals surface area contributed by atoms with Crippen LogP contribution in [0.4, 0.5) is 11.8 Å². The number of aromatic nitrogens is 6. The molecule has 4 heterocycles. The number of nitrogens with two attached hydrogens (primary N) is 2. The number of hydrogen-bond donors (Lipinski definition) is 3. The van der Waals surface area contributed by atoms with Crippen LogP contribution in [0.25, 0.3) is 27.9 Å². The van der Waals surface area contributed by atoms with E-state index in [0.29, 0.717) is 11.3 Å². The Bertz CT molecular complexity index is 1270. The first-order chi connectivity index (χ1) is 15.7. The first kappa shape index (κ1) is 23.0. The Morgan fingerprint density at radius 2 is 1.79 bits per heavy atom. The molecule has 4 aromatic heterocycles. The van der Waals surface area contributed by atoms with Crippen LogP contribution in [0.5, 0.6) is 0 Å². The van der Waals surface area contributed by atoms with E-state index in [2.05, 4.69) is 40.4 Å². The number of aliphatic hydroxyl groups is 1. The minimum absolute atomic E-state index is 0.138. The van der Waals surface area contributed by atoms with E-state index in [0.717, 1.165) is 47.5 Å². The average molecular weight is 451 g/mol. The molecule has 0 amide bonds. The summed E-state index contributed by atoms with van der Waals surface area (Å²) < 4.78 is 3.75. The van der Waals surface area contributed by atoms with Crippen LogP contribution in [0.3, 0.4) is 0 Å². The summed E-state index contributed by atoms with van der Waals surface area (Å²) in [5.74, 6) is 1.42. The topological polar surface area (TPSA) is 133 Å². The van der Waals surface area contributed by atoms with Crippen molar-refractivity contribution >= 4 is 28.4 Å². The molecule has 9 heteroatoms. The summed E-state index contributed by atoms with van der Waals surface area (Å²) in [5.41, 5.74) is 15.5. The Balaban J connectivity index is 0.000000243. The molecular weight excluding hydrogens is 416 g/mol. The molecule has 9 nitrogen and oxygen atoms in total. The molecule has 0 aromatic carbocycles. The van der Waals surface area contributed by atoms with E-state index >= 15 is 0 Å². The molecule has 33 heavy (non-hydrogen) atoms. The van der Waals surface area contributed by atoms with E-state index in [1.54, 1.807) is 10.7 Å². The lowest BCUT2D eigenvalue weighted by atomic mass is 9.83. The van der Waals surface area contributed by atoms with Gasteiger partial charge in [-0.1, -0.05) is 26.2 Å². The van der Waals surface area contributed by atoms with Crippen molar-refractivity contribution in [1.82, 2.24) is 29.1 Å². The fraction of sp³-hybridized carbons (Fsp3) is 0.500. The minimum atomic E-state index is -0.280. The van der Waals surface area contributed by atoms with Crippen molar-refractivity contribution in [2.24, 2.45) is 0 Å². The van der Waals surface area contributed by atoms with Gasteiger partial charge < -0.3 is 21.1 Å². The van der Waals surface area contributed by atoms with Crippen molar-refractivity contribution in [3.05, 3.63) is 30.2 Å². The zero-order valence-electron chi connectivity index (χ0n) is 19.9. The molecule has 4 aromatic rings. The van der Waals surface area contributed by atoms with Crippen LogP contribution in [0, 0.1) is 6.92 Å². The third kappa shape index (κ3) is 4.50. The van der Waals surface area contributed by atoms with Crippen molar-refractivity contribution in [2.45, 2.75) is 77.9 Å². The van der Waals surface area contributed by atoms with E-state index in [-0.39, 0.29) is 17.6 Å². The van der Waals surface area contributed by atoms with Crippen LogP contribution in [0.2, 0.25) is 0 Å². The Morgan fingerprint density at radius 1 is 1.06 bits per heavy atom. The highest BCUT2D eigenvalue weighted by Crippen LogP contribution is 2.31. The second-order valence-corrected chi connectivity index (χ2v) is 9.18. The largest absolute Gasteiger partial charge is 0.390 e. The number of nitrogens with zero attached hydrogens (tertiary/aromatic N) is 6. The van der Waals surface area contributed by atoms with E-state index in [4.69, 9.17) is 16.5 Å². The highest BCUT2D eigenvalue weighted by atomic mass is 16.3. The molecular formula is C24H34N8O. The van der Waals surface area contributed by atoms with Gasteiger partial charge in [-0.05, 0) is 58.2 Å². The maximum absolute atomic E-state index is 9.68. The van der Waals surface area contributed by atoms with Crippen molar-refractivity contribution in [2.75, 3.05) is 11.5 Å². The number of anilines is 2. The molecule has 0 atom stereocenters. The lowest BCUT2D eigenvalue weighted by Crippen LogP contribution is -2.29. The molecule has 0 spiro atoms. The second kappa shape index (κ2) is 8.97. The predicted octanol–water partition coefficient (Wildman–Crippen LogP) is 4.29. The lowest BCUT2D eigenvalue weighted by Gasteiger charge is -2.30. The molecule has 0 unspecified atom stereocenters. The molecule has 5 rings (SSSR count). The van der Waals surface area contributed by atoms with Gasteiger partial charge in [-0.3, -0.25) is 0 Å². The summed E-state index contributed by atoms with van der Waals surface area (Å²) in [5, 5.41) is 13.8. The van der Waals surface area contributed by atoms with E-state index in [9.17, 15) is 5.11 Å². The van der Waals surface area contributed by atoms with Crippen LogP contribution >= 0.6 is 0 Å². The Labute approximate surface area is 193 Å². The number of hydrogen-bond acceptors (Lipinski definition) is 7. The number of aryl methyl sites for hydroxylation is 1. The standard InChI is InChI=1S/C16H18N8.C8H16O/c1-8(2)24-9(3)19-12-5-4-11(20-15(12)24)10-6-7-23-13(10)14(17)21-16(18)22-23;1-2-8(9)6-4-3-5-7-8/h4-8H,1-3H3,(H4,17,18,21,22);9H,2-7H2,1H3. The highest BCUT2D eigenvalue weighted by molar-refractivity contribution is 5.88. The molecule has 0 saturated heterocycles. The summed E-state index contributed by atoms with van der Waals surface area (Å²) >= 11 is 0. The molecule has 1 aliphatic carbocycles. The molecule has 5 N–H and O–H groups in total. The van der Waals surface area contributed by atoms with Gasteiger partial charge in [0.2, 0.25) is 5.95 Å². The first-order valence-corrected chi connectivity index (χ1v) is 11.7. The van der Waals surface area contributed by atoms with Crippen LogP contribution in [-0.2, 0) is 0 Å². The van der Waals surface area contributed by atoms with Gasteiger partial charge in [0.15, 0.2) is 11.5 Å². The number of imidazole rings is 1. The van der Waals surface area contributed by atoms with Crippen LogP contribution in [0.15, 0.2) is 24.4 Å². The monoisotopic (exact) mass is 450 g/mol. The van der Waals surface area contributed by atoms with E-state index in [1.807, 2.05) is 25.1 Å². The Hall–Kier alpha value is -3.20. The predicted molar refractivity (Wildman–Crippen MR) is 132 cm³/mol. The van der Waals surface area contributed by atoms with Crippen molar-refractivity contribution in [3.63, 3.8) is 0 Å². The summed E-state index contributed by atoms with van der Waals surface area (Å²) in [4.78, 5) is 13.4. The quantitative estimate of drug-likeness (QED) is 0.424. The SMILES string of the molecule is CCC1(O)CCCCC1.Cc1nc2ccc(-c3ccn4nc(N)nc(N)c34)nc2n1C(C)C. The minimum Gasteiger partial charge on any atom is -0.390 e. The third-order valence-corrected chi connectivity index (χ3v) is 6.50. The van der Waals surface area contributed by atoms with Crippen LogP contribution < -0.4 is 11.5 Å². The van der Waals surface area contributed by atoms with Gasteiger partial charge in [-0.15, -0.1) is 5.10 Å². The molecule has 0 radical (unpaired) electrons. The normalized spacial score (nSPS) is 15.7. The highest BCUT2D eigenvalue weighted by Gasteiger charge is 2.26. The van der Waals surface area contributed by atoms with Gasteiger partial charge in [-0.2, -0.15) is 4.98 Å². The Kier molecular flexibility index (Phi) is 6.25. The molecule has 0 aliphatic heterocycles. The fourth-order valence-electron chi connectivity index (χ4n) is 4.70. The lowest BCUT2D eigenvalue weighted by molar-refractivity contribution is 0.000671. The molecule has 0 bridgehead atoms. The number of rotatable bonds is 3. The van der Waals surface area contributed by atoms with Crippen LogP contribution in [-0.4, -0.2) is 39.8 Å². The smallest absolute Gasteiger partial charge is 0.240 e. The zero-order valence-corrected chi connectivity index (χ0v) is 19.9. The summed E-state index contributed by atoms with van der Waals surface area (Å²) in [6.07, 6.45) is 8.58. The second-order valence-electron chi connectivity index (χ2n) is 9.18. The summed E-state index contributed by atoms with van der Waals surface area (Å²) in [7, 11) is 0. The molecule has 1 aliphatic rings.